The largest absolute Gasteiger partial charge is 0.497 e. The number of hydrogen-bond donors (Lipinski definition) is 1. The highest BCUT2D eigenvalue weighted by molar-refractivity contribution is 6.00. The number of hydrogen-bond acceptors (Lipinski definition) is 3. The Labute approximate surface area is 156 Å². The van der Waals surface area contributed by atoms with Gasteiger partial charge in [-0.25, -0.2) is 4.39 Å². The Balaban J connectivity index is 1.83. The number of nitrogens with zero attached hydrogens (tertiary/aromatic N) is 1. The van der Waals surface area contributed by atoms with Gasteiger partial charge in [0.25, 0.3) is 5.91 Å². The average Bonchev–Trinajstić information content (AvgIpc) is 2.92. The van der Waals surface area contributed by atoms with Crippen LogP contribution >= 0.6 is 0 Å². The van der Waals surface area contributed by atoms with Gasteiger partial charge in [-0.1, -0.05) is 42.5 Å². The highest BCUT2D eigenvalue weighted by Gasteiger charge is 2.49. The number of aliphatic hydroxyl groups is 1. The van der Waals surface area contributed by atoms with Crippen molar-refractivity contribution < 1.29 is 19.0 Å². The second-order valence-electron chi connectivity index (χ2n) is 6.47. The average molecular weight is 363 g/mol. The van der Waals surface area contributed by atoms with Crippen LogP contribution < -0.4 is 4.74 Å². The molecule has 5 heteroatoms. The van der Waals surface area contributed by atoms with Gasteiger partial charge in [-0.2, -0.15) is 0 Å². The summed E-state index contributed by atoms with van der Waals surface area (Å²) in [5.41, 5.74) is 0.502. The summed E-state index contributed by atoms with van der Waals surface area (Å²) < 4.78 is 18.7. The van der Waals surface area contributed by atoms with E-state index in [0.717, 1.165) is 5.56 Å². The Morgan fingerprint density at radius 3 is 2.52 bits per heavy atom. The molecule has 1 amide bonds. The molecule has 4 nitrogen and oxygen atoms in total. The lowest BCUT2D eigenvalue weighted by Gasteiger charge is -2.35. The third-order valence-corrected chi connectivity index (χ3v) is 4.89. The van der Waals surface area contributed by atoms with E-state index in [9.17, 15) is 14.3 Å². The molecule has 1 atom stereocenters. The second-order valence-corrected chi connectivity index (χ2v) is 6.47. The van der Waals surface area contributed by atoms with Crippen LogP contribution in [0.2, 0.25) is 0 Å². The van der Waals surface area contributed by atoms with Gasteiger partial charge in [-0.05, 0) is 35.9 Å². The molecule has 0 spiro atoms. The van der Waals surface area contributed by atoms with E-state index in [0.29, 0.717) is 22.4 Å². The van der Waals surface area contributed by atoms with Crippen LogP contribution in [0.1, 0.15) is 27.0 Å². The van der Waals surface area contributed by atoms with Crippen LogP contribution in [-0.2, 0) is 12.3 Å². The zero-order chi connectivity index (χ0) is 19.0. The molecule has 4 rings (SSSR count). The van der Waals surface area contributed by atoms with Gasteiger partial charge in [0.05, 0.1) is 7.11 Å². The first-order chi connectivity index (χ1) is 13.0. The summed E-state index contributed by atoms with van der Waals surface area (Å²) in [5, 5.41) is 11.7. The number of methoxy groups -OCH3 is 1. The maximum Gasteiger partial charge on any atom is 0.257 e. The Morgan fingerprint density at radius 1 is 1.04 bits per heavy atom. The van der Waals surface area contributed by atoms with E-state index in [4.69, 9.17) is 4.74 Å². The molecule has 3 aromatic carbocycles. The third-order valence-electron chi connectivity index (χ3n) is 4.89. The van der Waals surface area contributed by atoms with Crippen molar-refractivity contribution in [3.05, 3.63) is 101 Å². The Hall–Kier alpha value is -3.18. The van der Waals surface area contributed by atoms with Crippen LogP contribution in [0.25, 0.3) is 0 Å². The van der Waals surface area contributed by atoms with Gasteiger partial charge in [0.15, 0.2) is 5.72 Å². The standard InChI is InChI=1S/C22H18FNO3/c1-27-18-6-4-5-15(13-18)14-24-21(25)19-7-2-3-8-20(19)22(24,26)16-9-11-17(23)12-10-16/h2-13,26H,14H2,1H3. The number of fused-ring (bicyclic) bond motifs is 1. The van der Waals surface area contributed by atoms with Crippen molar-refractivity contribution in [2.24, 2.45) is 0 Å². The van der Waals surface area contributed by atoms with E-state index < -0.39 is 11.5 Å². The van der Waals surface area contributed by atoms with E-state index in [1.165, 1.54) is 29.2 Å². The zero-order valence-corrected chi connectivity index (χ0v) is 14.7. The predicted octanol–water partition coefficient (Wildman–Crippen LogP) is 3.68. The summed E-state index contributed by atoms with van der Waals surface area (Å²) in [7, 11) is 1.57. The monoisotopic (exact) mass is 363 g/mol. The molecule has 0 saturated carbocycles. The minimum absolute atomic E-state index is 0.179. The first-order valence-corrected chi connectivity index (χ1v) is 8.57. The van der Waals surface area contributed by atoms with Crippen molar-refractivity contribution in [3.63, 3.8) is 0 Å². The number of rotatable bonds is 4. The van der Waals surface area contributed by atoms with Crippen molar-refractivity contribution in [2.75, 3.05) is 7.11 Å². The van der Waals surface area contributed by atoms with Crippen LogP contribution in [0.15, 0.2) is 72.8 Å². The first-order valence-electron chi connectivity index (χ1n) is 8.57. The van der Waals surface area contributed by atoms with Gasteiger partial charge < -0.3 is 9.84 Å². The summed E-state index contributed by atoms with van der Waals surface area (Å²) >= 11 is 0. The summed E-state index contributed by atoms with van der Waals surface area (Å²) in [5.74, 6) is -0.0125. The molecule has 1 aliphatic rings. The van der Waals surface area contributed by atoms with Crippen molar-refractivity contribution >= 4 is 5.91 Å². The lowest BCUT2D eigenvalue weighted by Crippen LogP contribution is -2.44. The molecule has 27 heavy (non-hydrogen) atoms. The fourth-order valence-electron chi connectivity index (χ4n) is 3.54. The summed E-state index contributed by atoms with van der Waals surface area (Å²) in [6, 6.07) is 19.9. The van der Waals surface area contributed by atoms with E-state index >= 15 is 0 Å². The highest BCUT2D eigenvalue weighted by atomic mass is 19.1. The molecule has 0 bridgehead atoms. The number of halogens is 1. The zero-order valence-electron chi connectivity index (χ0n) is 14.7. The molecule has 3 aromatic rings. The molecular formula is C22H18FNO3. The molecule has 1 heterocycles. The fourth-order valence-corrected chi connectivity index (χ4v) is 3.54. The van der Waals surface area contributed by atoms with Gasteiger partial charge in [0.1, 0.15) is 11.6 Å². The number of benzene rings is 3. The maximum atomic E-state index is 13.4. The Morgan fingerprint density at radius 2 is 1.78 bits per heavy atom. The number of amides is 1. The van der Waals surface area contributed by atoms with Crippen molar-refractivity contribution in [3.8, 4) is 5.75 Å². The van der Waals surface area contributed by atoms with Crippen LogP contribution in [0, 0.1) is 5.82 Å². The maximum absolute atomic E-state index is 13.4. The van der Waals surface area contributed by atoms with Gasteiger partial charge in [0.2, 0.25) is 0 Å². The minimum atomic E-state index is -1.68. The minimum Gasteiger partial charge on any atom is -0.497 e. The number of carbonyl (C=O) groups is 1. The van der Waals surface area contributed by atoms with Crippen LogP contribution in [0.5, 0.6) is 5.75 Å². The van der Waals surface area contributed by atoms with Crippen LogP contribution in [-0.4, -0.2) is 23.0 Å². The third kappa shape index (κ3) is 2.76. The Kier molecular flexibility index (Phi) is 4.16. The van der Waals surface area contributed by atoms with Gasteiger partial charge in [-0.3, -0.25) is 9.69 Å². The molecule has 1 N–H and O–H groups in total. The summed E-state index contributed by atoms with van der Waals surface area (Å²) in [6.45, 7) is 0.179. The molecule has 1 unspecified atom stereocenters. The van der Waals surface area contributed by atoms with Crippen molar-refractivity contribution in [1.82, 2.24) is 4.90 Å². The normalized spacial score (nSPS) is 18.5. The Bertz CT molecular complexity index is 1000. The topological polar surface area (TPSA) is 49.8 Å². The molecule has 0 radical (unpaired) electrons. The van der Waals surface area contributed by atoms with Crippen LogP contribution in [0.3, 0.4) is 0 Å². The first kappa shape index (κ1) is 17.2. The molecule has 136 valence electrons. The van der Waals surface area contributed by atoms with Crippen molar-refractivity contribution in [2.45, 2.75) is 12.3 Å². The quantitative estimate of drug-likeness (QED) is 0.769. The van der Waals surface area contributed by atoms with E-state index in [2.05, 4.69) is 0 Å². The SMILES string of the molecule is COc1cccc(CN2C(=O)c3ccccc3C2(O)c2ccc(F)cc2)c1. The fraction of sp³-hybridized carbons (Fsp3) is 0.136. The summed E-state index contributed by atoms with van der Waals surface area (Å²) in [4.78, 5) is 14.5. The van der Waals surface area contributed by atoms with Gasteiger partial charge in [0, 0.05) is 23.2 Å². The summed E-state index contributed by atoms with van der Waals surface area (Å²) in [6.07, 6.45) is 0. The van der Waals surface area contributed by atoms with Gasteiger partial charge >= 0.3 is 0 Å². The highest BCUT2D eigenvalue weighted by Crippen LogP contribution is 2.43. The molecule has 1 aliphatic heterocycles. The smallest absolute Gasteiger partial charge is 0.257 e. The van der Waals surface area contributed by atoms with E-state index in [1.807, 2.05) is 24.3 Å². The second kappa shape index (κ2) is 6.52. The van der Waals surface area contributed by atoms with E-state index in [-0.39, 0.29) is 12.5 Å². The molecule has 0 saturated heterocycles. The molecular weight excluding hydrogens is 345 g/mol. The molecule has 0 fully saturated rings. The van der Waals surface area contributed by atoms with E-state index in [1.54, 1.807) is 31.4 Å². The predicted molar refractivity (Wildman–Crippen MR) is 98.7 cm³/mol. The molecule has 0 aliphatic carbocycles. The molecule has 0 aromatic heterocycles. The number of ether oxygens (including phenoxy) is 1. The van der Waals surface area contributed by atoms with Crippen LogP contribution in [0.4, 0.5) is 4.39 Å². The number of carbonyl (C=O) groups excluding carboxylic acids is 1. The van der Waals surface area contributed by atoms with Gasteiger partial charge in [-0.15, -0.1) is 0 Å². The lowest BCUT2D eigenvalue weighted by atomic mass is 9.93. The lowest BCUT2D eigenvalue weighted by molar-refractivity contribution is -0.0543. The van der Waals surface area contributed by atoms with Crippen molar-refractivity contribution in [1.29, 1.82) is 0 Å².